The summed E-state index contributed by atoms with van der Waals surface area (Å²) < 4.78 is 2.11. The third kappa shape index (κ3) is 2.13. The molecule has 0 saturated carbocycles. The van der Waals surface area contributed by atoms with Crippen LogP contribution in [0.5, 0.6) is 0 Å². The molecule has 0 saturated heterocycles. The van der Waals surface area contributed by atoms with Gasteiger partial charge < -0.3 is 9.88 Å². The Hall–Kier alpha value is -1.84. The van der Waals surface area contributed by atoms with Crippen LogP contribution in [0.25, 0.3) is 22.4 Å². The fourth-order valence-corrected chi connectivity index (χ4v) is 3.21. The molecule has 4 rings (SSSR count). The molecule has 0 radical (unpaired) electrons. The number of halogens is 1. The Balaban J connectivity index is 1.88. The number of nitrogens with one attached hydrogen (secondary N) is 1. The minimum atomic E-state index is 0.742. The van der Waals surface area contributed by atoms with Gasteiger partial charge in [-0.3, -0.25) is 0 Å². The maximum absolute atomic E-state index is 6.09. The highest BCUT2D eigenvalue weighted by Gasteiger charge is 2.14. The highest BCUT2D eigenvalue weighted by Crippen LogP contribution is 2.28. The third-order valence-electron chi connectivity index (χ3n) is 4.19. The first kappa shape index (κ1) is 12.9. The molecule has 106 valence electrons. The molecule has 0 aliphatic carbocycles. The number of benzene rings is 2. The van der Waals surface area contributed by atoms with Gasteiger partial charge in [0.1, 0.15) is 5.82 Å². The van der Waals surface area contributed by atoms with Crippen molar-refractivity contribution in [1.29, 1.82) is 0 Å². The van der Waals surface area contributed by atoms with Crippen LogP contribution in [-0.2, 0) is 20.0 Å². The van der Waals surface area contributed by atoms with E-state index in [-0.39, 0.29) is 0 Å². The first-order valence-corrected chi connectivity index (χ1v) is 7.55. The number of rotatable bonds is 1. The Labute approximate surface area is 128 Å². The minimum Gasteiger partial charge on any atom is -0.327 e. The van der Waals surface area contributed by atoms with Crippen LogP contribution in [-0.4, -0.2) is 16.1 Å². The Morgan fingerprint density at radius 3 is 2.95 bits per heavy atom. The Morgan fingerprint density at radius 2 is 2.05 bits per heavy atom. The van der Waals surface area contributed by atoms with Crippen molar-refractivity contribution in [3.05, 3.63) is 52.5 Å². The normalized spacial score (nSPS) is 14.4. The van der Waals surface area contributed by atoms with E-state index in [2.05, 4.69) is 28.1 Å². The first-order chi connectivity index (χ1) is 10.2. The van der Waals surface area contributed by atoms with Crippen LogP contribution in [0.4, 0.5) is 0 Å². The number of aryl methyl sites for hydroxylation is 1. The van der Waals surface area contributed by atoms with E-state index in [9.17, 15) is 0 Å². The summed E-state index contributed by atoms with van der Waals surface area (Å²) in [5.41, 5.74) is 6.02. The lowest BCUT2D eigenvalue weighted by atomic mass is 9.98. The number of hydrogen-bond acceptors (Lipinski definition) is 2. The van der Waals surface area contributed by atoms with E-state index >= 15 is 0 Å². The van der Waals surface area contributed by atoms with Gasteiger partial charge in [0.15, 0.2) is 0 Å². The fraction of sp³-hybridized carbons (Fsp3) is 0.235. The minimum absolute atomic E-state index is 0.742. The largest absolute Gasteiger partial charge is 0.327 e. The molecule has 21 heavy (non-hydrogen) atoms. The van der Waals surface area contributed by atoms with Gasteiger partial charge in [0.05, 0.1) is 11.0 Å². The molecule has 3 nitrogen and oxygen atoms in total. The zero-order valence-corrected chi connectivity index (χ0v) is 12.6. The lowest BCUT2D eigenvalue weighted by molar-refractivity contribution is 0.644. The topological polar surface area (TPSA) is 29.9 Å². The van der Waals surface area contributed by atoms with Gasteiger partial charge in [0.25, 0.3) is 0 Å². The first-order valence-electron chi connectivity index (χ1n) is 7.17. The summed E-state index contributed by atoms with van der Waals surface area (Å²) in [4.78, 5) is 4.76. The molecule has 0 spiro atoms. The van der Waals surface area contributed by atoms with Gasteiger partial charge in [-0.05, 0) is 48.4 Å². The number of imidazole rings is 1. The van der Waals surface area contributed by atoms with Crippen LogP contribution in [0, 0.1) is 0 Å². The zero-order chi connectivity index (χ0) is 14.4. The smallest absolute Gasteiger partial charge is 0.140 e. The van der Waals surface area contributed by atoms with Crippen molar-refractivity contribution in [2.45, 2.75) is 13.0 Å². The molecule has 3 aromatic rings. The van der Waals surface area contributed by atoms with E-state index < -0.39 is 0 Å². The number of fused-ring (bicyclic) bond motifs is 2. The average Bonchev–Trinajstić information content (AvgIpc) is 2.84. The molecule has 4 heteroatoms. The van der Waals surface area contributed by atoms with Crippen molar-refractivity contribution in [3.8, 4) is 11.4 Å². The summed E-state index contributed by atoms with van der Waals surface area (Å²) in [7, 11) is 2.04. The summed E-state index contributed by atoms with van der Waals surface area (Å²) in [5.74, 6) is 0.987. The van der Waals surface area contributed by atoms with Crippen molar-refractivity contribution in [3.63, 3.8) is 0 Å². The van der Waals surface area contributed by atoms with Crippen molar-refractivity contribution in [2.24, 2.45) is 7.05 Å². The predicted molar refractivity (Wildman–Crippen MR) is 86.6 cm³/mol. The molecule has 1 aliphatic rings. The predicted octanol–water partition coefficient (Wildman–Crippen LogP) is 3.54. The lowest BCUT2D eigenvalue weighted by Crippen LogP contribution is -2.23. The lowest BCUT2D eigenvalue weighted by Gasteiger charge is -2.17. The van der Waals surface area contributed by atoms with Crippen molar-refractivity contribution in [2.75, 3.05) is 6.54 Å². The van der Waals surface area contributed by atoms with E-state index in [1.165, 1.54) is 11.1 Å². The summed E-state index contributed by atoms with van der Waals surface area (Å²) in [6.45, 7) is 2.01. The van der Waals surface area contributed by atoms with Gasteiger partial charge in [0.2, 0.25) is 0 Å². The standard InChI is InChI=1S/C17H16ClN3/c1-21-16-9-14(18)4-5-15(16)20-17(21)12-3-2-11-6-7-19-10-13(11)8-12/h2-5,8-9,19H,6-7,10H2,1H3. The van der Waals surface area contributed by atoms with Crippen LogP contribution in [0.2, 0.25) is 5.02 Å². The Kier molecular flexibility index (Phi) is 2.98. The van der Waals surface area contributed by atoms with E-state index in [0.717, 1.165) is 47.0 Å². The fourth-order valence-electron chi connectivity index (χ4n) is 3.04. The quantitative estimate of drug-likeness (QED) is 0.744. The molecule has 0 amide bonds. The van der Waals surface area contributed by atoms with Gasteiger partial charge in [-0.1, -0.05) is 23.7 Å². The number of nitrogens with zero attached hydrogens (tertiary/aromatic N) is 2. The van der Waals surface area contributed by atoms with Crippen molar-refractivity contribution >= 4 is 22.6 Å². The highest BCUT2D eigenvalue weighted by molar-refractivity contribution is 6.31. The summed E-state index contributed by atoms with van der Waals surface area (Å²) in [6, 6.07) is 12.5. The van der Waals surface area contributed by atoms with Gasteiger partial charge in [-0.25, -0.2) is 4.98 Å². The van der Waals surface area contributed by atoms with E-state index in [1.54, 1.807) is 0 Å². The van der Waals surface area contributed by atoms with Crippen LogP contribution < -0.4 is 5.32 Å². The van der Waals surface area contributed by atoms with Gasteiger partial charge in [-0.2, -0.15) is 0 Å². The molecule has 1 aliphatic heterocycles. The Morgan fingerprint density at radius 1 is 1.14 bits per heavy atom. The molecule has 2 aromatic carbocycles. The van der Waals surface area contributed by atoms with Crippen LogP contribution in [0.1, 0.15) is 11.1 Å². The van der Waals surface area contributed by atoms with Gasteiger partial charge in [0, 0.05) is 24.2 Å². The number of hydrogen-bond donors (Lipinski definition) is 1. The molecular weight excluding hydrogens is 282 g/mol. The second kappa shape index (κ2) is 4.86. The molecule has 0 fully saturated rings. The van der Waals surface area contributed by atoms with Crippen molar-refractivity contribution < 1.29 is 0 Å². The molecule has 1 aromatic heterocycles. The average molecular weight is 298 g/mol. The second-order valence-corrected chi connectivity index (χ2v) is 5.97. The molecule has 0 bridgehead atoms. The molecule has 0 atom stereocenters. The summed E-state index contributed by atoms with van der Waals surface area (Å²) in [6.07, 6.45) is 1.10. The second-order valence-electron chi connectivity index (χ2n) is 5.54. The molecule has 2 heterocycles. The third-order valence-corrected chi connectivity index (χ3v) is 4.43. The summed E-state index contributed by atoms with van der Waals surface area (Å²) >= 11 is 6.09. The van der Waals surface area contributed by atoms with Crippen LogP contribution >= 0.6 is 11.6 Å². The maximum atomic E-state index is 6.09. The monoisotopic (exact) mass is 297 g/mol. The van der Waals surface area contributed by atoms with E-state index in [1.807, 2.05) is 25.2 Å². The van der Waals surface area contributed by atoms with E-state index in [4.69, 9.17) is 16.6 Å². The zero-order valence-electron chi connectivity index (χ0n) is 11.9. The highest BCUT2D eigenvalue weighted by atomic mass is 35.5. The van der Waals surface area contributed by atoms with Crippen molar-refractivity contribution in [1.82, 2.24) is 14.9 Å². The Bertz CT molecular complexity index is 835. The summed E-state index contributed by atoms with van der Waals surface area (Å²) in [5, 5.41) is 4.17. The molecular formula is C17H16ClN3. The van der Waals surface area contributed by atoms with Gasteiger partial charge >= 0.3 is 0 Å². The maximum Gasteiger partial charge on any atom is 0.140 e. The number of aromatic nitrogens is 2. The van der Waals surface area contributed by atoms with Crippen LogP contribution in [0.15, 0.2) is 36.4 Å². The molecule has 1 N–H and O–H groups in total. The SMILES string of the molecule is Cn1c(-c2ccc3c(c2)CNCC3)nc2ccc(Cl)cc21. The van der Waals surface area contributed by atoms with Gasteiger partial charge in [-0.15, -0.1) is 0 Å². The molecule has 0 unspecified atom stereocenters. The van der Waals surface area contributed by atoms with E-state index in [0.29, 0.717) is 0 Å². The van der Waals surface area contributed by atoms with Crippen LogP contribution in [0.3, 0.4) is 0 Å².